The molecule has 1 heterocycles. The minimum absolute atomic E-state index is 0.503. The molecule has 76 valence electrons. The molecule has 0 unspecified atom stereocenters. The SMILES string of the molecule is COC(=O)N1C=CC=c2ccccc2=N1. The zero-order valence-electron chi connectivity index (χ0n) is 8.25. The minimum atomic E-state index is -0.503. The van der Waals surface area contributed by atoms with Crippen LogP contribution in [-0.2, 0) is 4.74 Å². The summed E-state index contributed by atoms with van der Waals surface area (Å²) in [5, 5.41) is 7.04. The molecule has 0 saturated carbocycles. The van der Waals surface area contributed by atoms with Crippen LogP contribution in [-0.4, -0.2) is 18.2 Å². The van der Waals surface area contributed by atoms with Crippen molar-refractivity contribution in [1.82, 2.24) is 5.01 Å². The van der Waals surface area contributed by atoms with Crippen molar-refractivity contribution in [3.05, 3.63) is 47.1 Å². The maximum Gasteiger partial charge on any atom is 0.434 e. The first kappa shape index (κ1) is 9.45. The van der Waals surface area contributed by atoms with Crippen LogP contribution in [0.25, 0.3) is 6.08 Å². The van der Waals surface area contributed by atoms with Gasteiger partial charge in [-0.25, -0.2) is 4.79 Å². The third-order valence-electron chi connectivity index (χ3n) is 2.02. The van der Waals surface area contributed by atoms with Crippen molar-refractivity contribution in [2.45, 2.75) is 0 Å². The molecule has 2 rings (SSSR count). The van der Waals surface area contributed by atoms with Crippen molar-refractivity contribution in [2.24, 2.45) is 5.10 Å². The molecule has 0 atom stereocenters. The third kappa shape index (κ3) is 1.88. The molecule has 0 fully saturated rings. The fourth-order valence-electron chi connectivity index (χ4n) is 1.29. The summed E-state index contributed by atoms with van der Waals surface area (Å²) < 4.78 is 4.59. The van der Waals surface area contributed by atoms with Crippen LogP contribution in [0.4, 0.5) is 4.79 Å². The largest absolute Gasteiger partial charge is 0.451 e. The van der Waals surface area contributed by atoms with E-state index in [2.05, 4.69) is 9.84 Å². The molecule has 4 nitrogen and oxygen atoms in total. The molecule has 1 aliphatic heterocycles. The summed E-state index contributed by atoms with van der Waals surface area (Å²) in [6.07, 6.45) is 4.70. The zero-order valence-corrected chi connectivity index (χ0v) is 8.25. The molecule has 1 amide bonds. The summed E-state index contributed by atoms with van der Waals surface area (Å²) >= 11 is 0. The van der Waals surface area contributed by atoms with E-state index in [4.69, 9.17) is 0 Å². The molecule has 1 aromatic carbocycles. The van der Waals surface area contributed by atoms with Crippen molar-refractivity contribution >= 4 is 12.2 Å². The van der Waals surface area contributed by atoms with E-state index in [1.165, 1.54) is 12.1 Å². The highest BCUT2D eigenvalue weighted by atomic mass is 16.5. The third-order valence-corrected chi connectivity index (χ3v) is 2.02. The van der Waals surface area contributed by atoms with E-state index in [0.29, 0.717) is 0 Å². The summed E-state index contributed by atoms with van der Waals surface area (Å²) in [6.45, 7) is 0. The van der Waals surface area contributed by atoms with Crippen molar-refractivity contribution in [1.29, 1.82) is 0 Å². The normalized spacial score (nSPS) is 13.3. The highest BCUT2D eigenvalue weighted by Crippen LogP contribution is 1.96. The standard InChI is InChI=1S/C11H10N2O2/c1-15-11(14)13-8-4-6-9-5-2-3-7-10(9)12-13/h2-8H,1H3. The quantitative estimate of drug-likeness (QED) is 0.618. The molecule has 0 spiro atoms. The Bertz CT molecular complexity index is 520. The molecular formula is C11H10N2O2. The van der Waals surface area contributed by atoms with E-state index in [0.717, 1.165) is 10.6 Å². The number of ether oxygens (including phenoxy) is 1. The van der Waals surface area contributed by atoms with Gasteiger partial charge in [0.1, 0.15) is 0 Å². The van der Waals surface area contributed by atoms with Gasteiger partial charge in [0.2, 0.25) is 0 Å². The van der Waals surface area contributed by atoms with Gasteiger partial charge >= 0.3 is 6.09 Å². The van der Waals surface area contributed by atoms with Gasteiger partial charge in [-0.15, -0.1) is 0 Å². The Morgan fingerprint density at radius 2 is 2.20 bits per heavy atom. The van der Waals surface area contributed by atoms with Gasteiger partial charge in [-0.2, -0.15) is 10.1 Å². The number of carbonyl (C=O) groups is 1. The maximum atomic E-state index is 11.3. The first-order valence-corrected chi connectivity index (χ1v) is 4.50. The molecular weight excluding hydrogens is 192 g/mol. The number of nitrogens with zero attached hydrogens (tertiary/aromatic N) is 2. The van der Waals surface area contributed by atoms with Gasteiger partial charge in [-0.3, -0.25) is 0 Å². The molecule has 0 bridgehead atoms. The summed E-state index contributed by atoms with van der Waals surface area (Å²) in [7, 11) is 1.33. The van der Waals surface area contributed by atoms with E-state index < -0.39 is 6.09 Å². The predicted octanol–water partition coefficient (Wildman–Crippen LogP) is 0.597. The average Bonchev–Trinajstić information content (AvgIpc) is 2.49. The van der Waals surface area contributed by atoms with E-state index >= 15 is 0 Å². The Kier molecular flexibility index (Phi) is 2.49. The number of hydrogen-bond donors (Lipinski definition) is 0. The average molecular weight is 202 g/mol. The van der Waals surface area contributed by atoms with Crippen LogP contribution in [0.3, 0.4) is 0 Å². The van der Waals surface area contributed by atoms with Crippen LogP contribution >= 0.6 is 0 Å². The molecule has 0 radical (unpaired) electrons. The van der Waals surface area contributed by atoms with Gasteiger partial charge in [-0.05, 0) is 12.1 Å². The van der Waals surface area contributed by atoms with Crippen LogP contribution in [0.5, 0.6) is 0 Å². The van der Waals surface area contributed by atoms with Gasteiger partial charge in [-0.1, -0.05) is 24.3 Å². The molecule has 0 aliphatic carbocycles. The van der Waals surface area contributed by atoms with Gasteiger partial charge in [0.15, 0.2) is 0 Å². The monoisotopic (exact) mass is 202 g/mol. The Morgan fingerprint density at radius 1 is 1.40 bits per heavy atom. The van der Waals surface area contributed by atoms with Crippen molar-refractivity contribution in [2.75, 3.05) is 7.11 Å². The Labute approximate surface area is 86.8 Å². The number of rotatable bonds is 0. The Balaban J connectivity index is 2.53. The Morgan fingerprint density at radius 3 is 3.00 bits per heavy atom. The van der Waals surface area contributed by atoms with Crippen LogP contribution in [0.2, 0.25) is 0 Å². The molecule has 1 aliphatic rings. The molecule has 15 heavy (non-hydrogen) atoms. The van der Waals surface area contributed by atoms with Crippen molar-refractivity contribution < 1.29 is 9.53 Å². The molecule has 0 aromatic heterocycles. The lowest BCUT2D eigenvalue weighted by atomic mass is 10.3. The molecule has 4 heteroatoms. The van der Waals surface area contributed by atoms with Crippen molar-refractivity contribution in [3.63, 3.8) is 0 Å². The number of fused-ring (bicyclic) bond motifs is 1. The highest BCUT2D eigenvalue weighted by molar-refractivity contribution is 5.68. The van der Waals surface area contributed by atoms with E-state index in [9.17, 15) is 4.79 Å². The summed E-state index contributed by atoms with van der Waals surface area (Å²) in [4.78, 5) is 11.3. The minimum Gasteiger partial charge on any atom is -0.451 e. The lowest BCUT2D eigenvalue weighted by molar-refractivity contribution is 0.140. The number of amides is 1. The van der Waals surface area contributed by atoms with Gasteiger partial charge < -0.3 is 4.74 Å². The number of methoxy groups -OCH3 is 1. The second-order valence-electron chi connectivity index (χ2n) is 2.98. The van der Waals surface area contributed by atoms with Crippen LogP contribution in [0, 0.1) is 0 Å². The summed E-state index contributed by atoms with van der Waals surface area (Å²) in [5.41, 5.74) is 0. The molecule has 0 saturated heterocycles. The number of benzene rings is 1. The smallest absolute Gasteiger partial charge is 0.434 e. The number of hydrogen-bond acceptors (Lipinski definition) is 3. The van der Waals surface area contributed by atoms with Crippen molar-refractivity contribution in [3.8, 4) is 0 Å². The lowest BCUT2D eigenvalue weighted by Crippen LogP contribution is -2.29. The molecule has 1 aromatic rings. The second-order valence-corrected chi connectivity index (χ2v) is 2.98. The van der Waals surface area contributed by atoms with Crippen LogP contribution in [0.15, 0.2) is 41.6 Å². The highest BCUT2D eigenvalue weighted by Gasteiger charge is 2.09. The van der Waals surface area contributed by atoms with Gasteiger partial charge in [0.05, 0.1) is 12.5 Å². The summed E-state index contributed by atoms with van der Waals surface area (Å²) in [6, 6.07) is 7.57. The van der Waals surface area contributed by atoms with Crippen LogP contribution in [0.1, 0.15) is 0 Å². The first-order valence-electron chi connectivity index (χ1n) is 4.50. The molecule has 0 N–H and O–H groups in total. The predicted molar refractivity (Wildman–Crippen MR) is 55.1 cm³/mol. The lowest BCUT2D eigenvalue weighted by Gasteiger charge is -2.08. The maximum absolute atomic E-state index is 11.3. The topological polar surface area (TPSA) is 41.9 Å². The van der Waals surface area contributed by atoms with Gasteiger partial charge in [0.25, 0.3) is 0 Å². The van der Waals surface area contributed by atoms with Gasteiger partial charge in [0, 0.05) is 11.4 Å². The van der Waals surface area contributed by atoms with E-state index in [1.807, 2.05) is 30.3 Å². The van der Waals surface area contributed by atoms with E-state index in [1.54, 1.807) is 12.3 Å². The van der Waals surface area contributed by atoms with Crippen LogP contribution < -0.4 is 10.6 Å². The number of allylic oxidation sites excluding steroid dienone is 1. The summed E-state index contributed by atoms with van der Waals surface area (Å²) in [5.74, 6) is 0. The Hall–Kier alpha value is -2.10. The first-order chi connectivity index (χ1) is 7.31. The zero-order chi connectivity index (χ0) is 10.7. The second kappa shape index (κ2) is 3.96. The number of carbonyl (C=O) groups excluding carboxylic acids is 1. The fraction of sp³-hybridized carbons (Fsp3) is 0.0909. The fourth-order valence-corrected chi connectivity index (χ4v) is 1.29. The van der Waals surface area contributed by atoms with E-state index in [-0.39, 0.29) is 0 Å².